The van der Waals surface area contributed by atoms with Crippen LogP contribution in [0.15, 0.2) is 48.5 Å². The Kier molecular flexibility index (Phi) is 3.13. The Labute approximate surface area is 131 Å². The van der Waals surface area contributed by atoms with Crippen molar-refractivity contribution in [2.45, 2.75) is 24.8 Å². The molecule has 1 heterocycles. The van der Waals surface area contributed by atoms with Crippen molar-refractivity contribution in [3.63, 3.8) is 0 Å². The molecule has 0 radical (unpaired) electrons. The van der Waals surface area contributed by atoms with Crippen LogP contribution in [-0.4, -0.2) is 25.5 Å². The molecule has 2 aromatic carbocycles. The molecule has 1 saturated heterocycles. The minimum Gasteiger partial charge on any atom is -0.212 e. The molecule has 0 saturated carbocycles. The Morgan fingerprint density at radius 1 is 1.00 bits per heavy atom. The highest BCUT2D eigenvalue weighted by molar-refractivity contribution is 7.88. The van der Waals surface area contributed by atoms with Crippen LogP contribution in [0, 0.1) is 0 Å². The number of hydrogen-bond acceptors (Lipinski definition) is 2. The van der Waals surface area contributed by atoms with Gasteiger partial charge in [0, 0.05) is 6.54 Å². The Balaban J connectivity index is 1.81. The highest BCUT2D eigenvalue weighted by atomic mass is 32.2. The van der Waals surface area contributed by atoms with Gasteiger partial charge in [-0.25, -0.2) is 8.42 Å². The monoisotopic (exact) mass is 313 g/mol. The van der Waals surface area contributed by atoms with Gasteiger partial charge in [-0.1, -0.05) is 42.5 Å². The first kappa shape index (κ1) is 14.0. The topological polar surface area (TPSA) is 37.4 Å². The zero-order valence-electron chi connectivity index (χ0n) is 12.6. The maximum atomic E-state index is 12.1. The molecule has 2 bridgehead atoms. The van der Waals surface area contributed by atoms with E-state index in [1.54, 1.807) is 4.31 Å². The summed E-state index contributed by atoms with van der Waals surface area (Å²) in [6, 6.07) is 16.8. The van der Waals surface area contributed by atoms with Gasteiger partial charge in [0.1, 0.15) is 0 Å². The average Bonchev–Trinajstić information content (AvgIpc) is 2.79. The summed E-state index contributed by atoms with van der Waals surface area (Å²) in [5, 5.41) is 0. The first-order valence-electron chi connectivity index (χ1n) is 7.70. The van der Waals surface area contributed by atoms with E-state index in [1.165, 1.54) is 28.5 Å². The van der Waals surface area contributed by atoms with Crippen molar-refractivity contribution in [2.75, 3.05) is 12.8 Å². The fraction of sp³-hybridized carbons (Fsp3) is 0.333. The van der Waals surface area contributed by atoms with Gasteiger partial charge in [0.15, 0.2) is 0 Å². The smallest absolute Gasteiger partial charge is 0.211 e. The molecule has 0 aromatic heterocycles. The Morgan fingerprint density at radius 3 is 2.50 bits per heavy atom. The van der Waals surface area contributed by atoms with E-state index in [1.807, 2.05) is 18.2 Å². The second kappa shape index (κ2) is 4.93. The lowest BCUT2D eigenvalue weighted by Crippen LogP contribution is -2.36. The summed E-state index contributed by atoms with van der Waals surface area (Å²) in [5.41, 5.74) is 4.89. The normalized spacial score (nSPS) is 24.2. The van der Waals surface area contributed by atoms with Crippen LogP contribution in [0.4, 0.5) is 0 Å². The average molecular weight is 313 g/mol. The minimum absolute atomic E-state index is 0.0208. The van der Waals surface area contributed by atoms with E-state index in [4.69, 9.17) is 0 Å². The molecule has 0 amide bonds. The number of benzene rings is 2. The summed E-state index contributed by atoms with van der Waals surface area (Å²) in [4.78, 5) is 0. The van der Waals surface area contributed by atoms with Crippen LogP contribution >= 0.6 is 0 Å². The molecule has 2 aliphatic rings. The molecule has 114 valence electrons. The number of nitrogens with zero attached hydrogens (tertiary/aromatic N) is 1. The summed E-state index contributed by atoms with van der Waals surface area (Å²) < 4.78 is 25.8. The summed E-state index contributed by atoms with van der Waals surface area (Å²) in [5.74, 6) is 0.517. The molecule has 2 atom stereocenters. The summed E-state index contributed by atoms with van der Waals surface area (Å²) in [6.07, 6.45) is 3.19. The first-order valence-corrected chi connectivity index (χ1v) is 9.55. The molecule has 1 aliphatic carbocycles. The molecule has 4 heteroatoms. The largest absolute Gasteiger partial charge is 0.212 e. The lowest BCUT2D eigenvalue weighted by molar-refractivity contribution is 0.261. The quantitative estimate of drug-likeness (QED) is 0.850. The molecule has 22 heavy (non-hydrogen) atoms. The molecule has 0 N–H and O–H groups in total. The van der Waals surface area contributed by atoms with Gasteiger partial charge in [-0.2, -0.15) is 4.31 Å². The van der Waals surface area contributed by atoms with E-state index >= 15 is 0 Å². The molecule has 2 aromatic rings. The molecule has 4 rings (SSSR count). The number of fused-ring (bicyclic) bond motifs is 5. The second-order valence-electron chi connectivity index (χ2n) is 6.32. The maximum Gasteiger partial charge on any atom is 0.211 e. The molecular formula is C18H19NO2S. The fourth-order valence-electron chi connectivity index (χ4n) is 3.95. The lowest BCUT2D eigenvalue weighted by Gasteiger charge is -2.31. The van der Waals surface area contributed by atoms with Crippen molar-refractivity contribution in [3.05, 3.63) is 59.7 Å². The third-order valence-electron chi connectivity index (χ3n) is 4.97. The molecular weight excluding hydrogens is 294 g/mol. The van der Waals surface area contributed by atoms with Gasteiger partial charge in [-0.15, -0.1) is 0 Å². The first-order chi connectivity index (χ1) is 10.5. The van der Waals surface area contributed by atoms with E-state index in [0.29, 0.717) is 12.5 Å². The second-order valence-corrected chi connectivity index (χ2v) is 8.26. The Morgan fingerprint density at radius 2 is 1.77 bits per heavy atom. The van der Waals surface area contributed by atoms with Crippen molar-refractivity contribution >= 4 is 10.0 Å². The Bertz CT molecular complexity index is 814. The van der Waals surface area contributed by atoms with Gasteiger partial charge >= 0.3 is 0 Å². The van der Waals surface area contributed by atoms with E-state index < -0.39 is 10.0 Å². The van der Waals surface area contributed by atoms with Crippen molar-refractivity contribution in [1.29, 1.82) is 0 Å². The van der Waals surface area contributed by atoms with Gasteiger partial charge in [0.2, 0.25) is 10.0 Å². The van der Waals surface area contributed by atoms with Crippen molar-refractivity contribution < 1.29 is 8.42 Å². The molecule has 1 fully saturated rings. The standard InChI is InChI=1S/C18H19NO2S/c1-22(20,21)19-10-9-15-12-18(19)17-11-14(7-8-16(15)17)13-5-3-2-4-6-13/h2-8,11,15,18H,9-10,12H2,1H3/t15?,18-/m1/s1. The van der Waals surface area contributed by atoms with Crippen LogP contribution in [0.2, 0.25) is 0 Å². The van der Waals surface area contributed by atoms with Crippen LogP contribution in [0.3, 0.4) is 0 Å². The molecule has 3 nitrogen and oxygen atoms in total. The highest BCUT2D eigenvalue weighted by Gasteiger charge is 2.42. The summed E-state index contributed by atoms with van der Waals surface area (Å²) >= 11 is 0. The molecule has 1 aliphatic heterocycles. The van der Waals surface area contributed by atoms with Gasteiger partial charge in [-0.3, -0.25) is 0 Å². The Hall–Kier alpha value is -1.65. The van der Waals surface area contributed by atoms with Crippen LogP contribution in [0.1, 0.15) is 35.9 Å². The predicted octanol–water partition coefficient (Wildman–Crippen LogP) is 3.55. The number of piperidine rings is 1. The summed E-state index contributed by atoms with van der Waals surface area (Å²) in [6.45, 7) is 0.642. The SMILES string of the molecule is CS(=O)(=O)N1CCC2C[C@@H]1c1cc(-c3ccccc3)ccc12. The fourth-order valence-corrected chi connectivity index (χ4v) is 5.05. The molecule has 0 spiro atoms. The number of sulfonamides is 1. The number of rotatable bonds is 2. The van der Waals surface area contributed by atoms with Gasteiger partial charge < -0.3 is 0 Å². The van der Waals surface area contributed by atoms with Gasteiger partial charge in [0.25, 0.3) is 0 Å². The zero-order valence-corrected chi connectivity index (χ0v) is 13.4. The van der Waals surface area contributed by atoms with Crippen molar-refractivity contribution in [2.24, 2.45) is 0 Å². The third-order valence-corrected chi connectivity index (χ3v) is 6.26. The van der Waals surface area contributed by atoms with E-state index in [2.05, 4.69) is 30.3 Å². The van der Waals surface area contributed by atoms with Gasteiger partial charge in [0.05, 0.1) is 12.3 Å². The van der Waals surface area contributed by atoms with Gasteiger partial charge in [-0.05, 0) is 47.1 Å². The maximum absolute atomic E-state index is 12.1. The summed E-state index contributed by atoms with van der Waals surface area (Å²) in [7, 11) is -3.15. The lowest BCUT2D eigenvalue weighted by atomic mass is 9.95. The third kappa shape index (κ3) is 2.18. The molecule has 1 unspecified atom stereocenters. The minimum atomic E-state index is -3.15. The van der Waals surface area contributed by atoms with Crippen LogP contribution in [0.25, 0.3) is 11.1 Å². The van der Waals surface area contributed by atoms with Crippen LogP contribution in [0.5, 0.6) is 0 Å². The van der Waals surface area contributed by atoms with Crippen molar-refractivity contribution in [1.82, 2.24) is 4.31 Å². The zero-order chi connectivity index (χ0) is 15.3. The highest BCUT2D eigenvalue weighted by Crippen LogP contribution is 2.50. The van der Waals surface area contributed by atoms with E-state index in [-0.39, 0.29) is 6.04 Å². The van der Waals surface area contributed by atoms with Crippen molar-refractivity contribution in [3.8, 4) is 11.1 Å². The van der Waals surface area contributed by atoms with E-state index in [9.17, 15) is 8.42 Å². The van der Waals surface area contributed by atoms with E-state index in [0.717, 1.165) is 12.8 Å². The van der Waals surface area contributed by atoms with Crippen LogP contribution < -0.4 is 0 Å². The number of hydrogen-bond donors (Lipinski definition) is 0. The van der Waals surface area contributed by atoms with Crippen LogP contribution in [-0.2, 0) is 10.0 Å². The predicted molar refractivity (Wildman–Crippen MR) is 88.1 cm³/mol.